The van der Waals surface area contributed by atoms with Crippen LogP contribution in [0.4, 0.5) is 4.39 Å². The number of carboxylic acid groups (broad SMARTS) is 1. The highest BCUT2D eigenvalue weighted by molar-refractivity contribution is 7.92. The van der Waals surface area contributed by atoms with Crippen LogP contribution >= 0.6 is 0 Å². The summed E-state index contributed by atoms with van der Waals surface area (Å²) < 4.78 is 39.4. The standard InChI is InChI=1S/C45H71FN2O4S/c1-29(2)33-14-21-45(47-24-25-48-26-30(3)53(51,52)31(4)27-48)23-22-42(8)35(38(33)45)10-11-37-41(7)17-15-34(40(5,6)36(41)16-18-43(37,42)9)32-12-19-44(28-46,20-13-32)39(49)50/h12,15,30-31,33,35-38,47H,1,10-11,13-14,16-28H2,2-9H3,(H,49,50)/t30?,31?,33-,35+,36-,37+,38+,41-,42+,43+,44+,45?/m0/s1. The third-order valence-electron chi connectivity index (χ3n) is 18.4. The van der Waals surface area contributed by atoms with Crippen molar-refractivity contribution in [2.45, 2.75) is 148 Å². The molecular weight excluding hydrogens is 684 g/mol. The Bertz CT molecular complexity index is 1650. The first-order chi connectivity index (χ1) is 24.7. The van der Waals surface area contributed by atoms with E-state index < -0.39 is 27.9 Å². The number of allylic oxidation sites excluding steroid dienone is 5. The van der Waals surface area contributed by atoms with Gasteiger partial charge in [-0.05, 0) is 160 Å². The van der Waals surface area contributed by atoms with Crippen LogP contribution in [0.15, 0.2) is 35.5 Å². The van der Waals surface area contributed by atoms with Gasteiger partial charge >= 0.3 is 5.97 Å². The number of hydrogen-bond acceptors (Lipinski definition) is 5. The van der Waals surface area contributed by atoms with Gasteiger partial charge in [0.25, 0.3) is 0 Å². The van der Waals surface area contributed by atoms with E-state index in [2.05, 4.69) is 70.5 Å². The van der Waals surface area contributed by atoms with Crippen molar-refractivity contribution in [3.05, 3.63) is 35.5 Å². The first-order valence-electron chi connectivity index (χ1n) is 21.3. The lowest BCUT2D eigenvalue weighted by Gasteiger charge is -2.72. The van der Waals surface area contributed by atoms with Gasteiger partial charge in [0.05, 0.1) is 15.9 Å². The number of aliphatic carboxylic acids is 1. The molecule has 0 bridgehead atoms. The molecule has 0 aromatic heterocycles. The number of carbonyl (C=O) groups is 1. The Kier molecular flexibility index (Phi) is 9.95. The molecule has 298 valence electrons. The van der Waals surface area contributed by atoms with Crippen molar-refractivity contribution in [3.8, 4) is 0 Å². The minimum Gasteiger partial charge on any atom is -0.481 e. The lowest BCUT2D eigenvalue weighted by molar-refractivity contribution is -0.221. The van der Waals surface area contributed by atoms with Gasteiger partial charge in [0, 0.05) is 31.7 Å². The predicted molar refractivity (Wildman–Crippen MR) is 213 cm³/mol. The molecule has 0 aromatic carbocycles. The van der Waals surface area contributed by atoms with Crippen molar-refractivity contribution < 1.29 is 22.7 Å². The zero-order chi connectivity index (χ0) is 38.6. The quantitative estimate of drug-likeness (QED) is 0.241. The van der Waals surface area contributed by atoms with Crippen LogP contribution in [0.5, 0.6) is 0 Å². The van der Waals surface area contributed by atoms with E-state index in [4.69, 9.17) is 0 Å². The number of halogens is 1. The second kappa shape index (κ2) is 13.3. The zero-order valence-corrected chi connectivity index (χ0v) is 35.1. The normalized spacial score (nSPS) is 47.6. The lowest BCUT2D eigenvalue weighted by atomic mass is 9.33. The van der Waals surface area contributed by atoms with Crippen LogP contribution in [0.1, 0.15) is 132 Å². The van der Waals surface area contributed by atoms with Crippen molar-refractivity contribution in [2.75, 3.05) is 32.9 Å². The fraction of sp³-hybridized carbons (Fsp3) is 0.844. The molecule has 1 heterocycles. The Morgan fingerprint density at radius 2 is 1.62 bits per heavy atom. The van der Waals surface area contributed by atoms with E-state index >= 15 is 0 Å². The molecule has 1 saturated heterocycles. The molecule has 53 heavy (non-hydrogen) atoms. The molecule has 5 fully saturated rings. The van der Waals surface area contributed by atoms with Crippen molar-refractivity contribution in [2.24, 2.45) is 56.7 Å². The van der Waals surface area contributed by atoms with Crippen LogP contribution < -0.4 is 5.32 Å². The van der Waals surface area contributed by atoms with Crippen LogP contribution in [-0.2, 0) is 14.6 Å². The fourth-order valence-electron chi connectivity index (χ4n) is 15.2. The number of fused-ring (bicyclic) bond motifs is 7. The van der Waals surface area contributed by atoms with Crippen LogP contribution in [0.2, 0.25) is 0 Å². The second-order valence-electron chi connectivity index (χ2n) is 20.9. The second-order valence-corrected chi connectivity index (χ2v) is 23.7. The average molecular weight is 755 g/mol. The molecule has 4 saturated carbocycles. The SMILES string of the molecule is C=C(C)[C@@H]1CCC2(NCCN3CC(C)S(=O)(=O)C(C)C3)CC[C@]3(C)[C@H](CC[C@@H]4[C@@]5(C)CC=C(C6=CC[C@@](CF)(C(=O)O)CC6)C(C)(C)[C@@H]5CC[C@]43C)[C@@H]12. The summed E-state index contributed by atoms with van der Waals surface area (Å²) in [6.07, 6.45) is 16.9. The maximum absolute atomic E-state index is 14.0. The Hall–Kier alpha value is -1.51. The maximum Gasteiger partial charge on any atom is 0.312 e. The van der Waals surface area contributed by atoms with E-state index in [0.29, 0.717) is 55.5 Å². The van der Waals surface area contributed by atoms with Crippen molar-refractivity contribution >= 4 is 15.8 Å². The highest BCUT2D eigenvalue weighted by Crippen LogP contribution is 2.76. The molecule has 0 amide bonds. The third-order valence-corrected chi connectivity index (χ3v) is 20.9. The number of nitrogens with zero attached hydrogens (tertiary/aromatic N) is 1. The average Bonchev–Trinajstić information content (AvgIpc) is 3.47. The first kappa shape index (κ1) is 39.7. The van der Waals surface area contributed by atoms with Crippen molar-refractivity contribution in [1.29, 1.82) is 0 Å². The summed E-state index contributed by atoms with van der Waals surface area (Å²) in [5.41, 5.74) is 3.55. The van der Waals surface area contributed by atoms with E-state index in [-0.39, 0.29) is 44.1 Å². The molecule has 6 nitrogen and oxygen atoms in total. The topological polar surface area (TPSA) is 86.7 Å². The van der Waals surface area contributed by atoms with Gasteiger partial charge in [-0.2, -0.15) is 0 Å². The van der Waals surface area contributed by atoms with Gasteiger partial charge in [0.1, 0.15) is 6.67 Å². The summed E-state index contributed by atoms with van der Waals surface area (Å²) in [5.74, 6) is 1.96. The third kappa shape index (κ3) is 5.77. The van der Waals surface area contributed by atoms with Gasteiger partial charge in [-0.25, -0.2) is 12.8 Å². The van der Waals surface area contributed by atoms with Crippen LogP contribution in [-0.4, -0.2) is 73.3 Å². The Balaban J connectivity index is 1.13. The molecule has 3 unspecified atom stereocenters. The number of hydrogen-bond donors (Lipinski definition) is 2. The number of alkyl halides is 1. The summed E-state index contributed by atoms with van der Waals surface area (Å²) in [6.45, 7) is 25.8. The number of rotatable bonds is 8. The highest BCUT2D eigenvalue weighted by atomic mass is 32.2. The van der Waals surface area contributed by atoms with E-state index in [1.807, 2.05) is 13.8 Å². The molecule has 12 atom stereocenters. The van der Waals surface area contributed by atoms with Gasteiger partial charge < -0.3 is 10.4 Å². The molecule has 6 aliphatic carbocycles. The Labute approximate surface area is 321 Å². The van der Waals surface area contributed by atoms with Crippen LogP contribution in [0.25, 0.3) is 0 Å². The van der Waals surface area contributed by atoms with E-state index in [0.717, 1.165) is 19.5 Å². The van der Waals surface area contributed by atoms with E-state index in [9.17, 15) is 22.7 Å². The summed E-state index contributed by atoms with van der Waals surface area (Å²) in [4.78, 5) is 14.4. The first-order valence-corrected chi connectivity index (χ1v) is 22.9. The zero-order valence-electron chi connectivity index (χ0n) is 34.3. The van der Waals surface area contributed by atoms with Crippen molar-refractivity contribution in [1.82, 2.24) is 10.2 Å². The number of sulfone groups is 1. The summed E-state index contributed by atoms with van der Waals surface area (Å²) in [7, 11) is -3.03. The van der Waals surface area contributed by atoms with Gasteiger partial charge in [-0.15, -0.1) is 0 Å². The molecule has 0 aromatic rings. The van der Waals surface area contributed by atoms with Crippen molar-refractivity contribution in [3.63, 3.8) is 0 Å². The maximum atomic E-state index is 14.0. The summed E-state index contributed by atoms with van der Waals surface area (Å²) in [5, 5.41) is 13.5. The minimum absolute atomic E-state index is 0.0207. The van der Waals surface area contributed by atoms with Crippen LogP contribution in [0.3, 0.4) is 0 Å². The Morgan fingerprint density at radius 3 is 2.23 bits per heavy atom. The van der Waals surface area contributed by atoms with E-state index in [1.54, 1.807) is 0 Å². The number of carboxylic acids is 1. The molecule has 7 rings (SSSR count). The van der Waals surface area contributed by atoms with Gasteiger partial charge in [-0.3, -0.25) is 9.69 Å². The summed E-state index contributed by atoms with van der Waals surface area (Å²) >= 11 is 0. The fourth-order valence-corrected chi connectivity index (χ4v) is 16.8. The molecule has 7 aliphatic rings. The van der Waals surface area contributed by atoms with Crippen LogP contribution in [0, 0.1) is 56.7 Å². The predicted octanol–water partition coefficient (Wildman–Crippen LogP) is 9.18. The molecule has 0 radical (unpaired) electrons. The van der Waals surface area contributed by atoms with E-state index in [1.165, 1.54) is 68.1 Å². The Morgan fingerprint density at radius 1 is 0.925 bits per heavy atom. The molecular formula is C45H71FN2O4S. The largest absolute Gasteiger partial charge is 0.481 e. The molecule has 0 spiro atoms. The van der Waals surface area contributed by atoms with Gasteiger partial charge in [0.15, 0.2) is 9.84 Å². The highest BCUT2D eigenvalue weighted by Gasteiger charge is 2.70. The lowest BCUT2D eigenvalue weighted by Crippen LogP contribution is -2.68. The smallest absolute Gasteiger partial charge is 0.312 e. The number of nitrogens with one attached hydrogen (secondary N) is 1. The molecule has 8 heteroatoms. The molecule has 2 N–H and O–H groups in total. The van der Waals surface area contributed by atoms with Gasteiger partial charge in [0.2, 0.25) is 0 Å². The summed E-state index contributed by atoms with van der Waals surface area (Å²) in [6, 6.07) is 0. The monoisotopic (exact) mass is 755 g/mol. The minimum atomic E-state index is -3.03. The van der Waals surface area contributed by atoms with Gasteiger partial charge in [-0.1, -0.05) is 58.9 Å². The molecule has 1 aliphatic heterocycles.